The third kappa shape index (κ3) is 5.07. The van der Waals surface area contributed by atoms with E-state index in [0.29, 0.717) is 25.4 Å². The lowest BCUT2D eigenvalue weighted by Crippen LogP contribution is -2.07. The fourth-order valence-electron chi connectivity index (χ4n) is 1.95. The van der Waals surface area contributed by atoms with E-state index in [1.807, 2.05) is 12.1 Å². The van der Waals surface area contributed by atoms with Gasteiger partial charge in [-0.25, -0.2) is 8.78 Å². The number of hydrogen-bond acceptors (Lipinski definition) is 3. The second kappa shape index (κ2) is 8.29. The molecule has 1 aromatic carbocycles. The van der Waals surface area contributed by atoms with Crippen molar-refractivity contribution >= 4 is 31.9 Å². The van der Waals surface area contributed by atoms with Gasteiger partial charge in [0.15, 0.2) is 11.5 Å². The molecular weight excluding hydrogens is 414 g/mol. The Bertz CT molecular complexity index is 472. The molecule has 0 bridgehead atoms. The van der Waals surface area contributed by atoms with Gasteiger partial charge in [0.1, 0.15) is 6.61 Å². The van der Waals surface area contributed by atoms with Gasteiger partial charge in [0, 0.05) is 22.3 Å². The number of hydrogen-bond donors (Lipinski definition) is 0. The maximum Gasteiger partial charge on any atom is 0.261 e. The molecule has 0 saturated carbocycles. The maximum atomic E-state index is 12.0. The first-order chi connectivity index (χ1) is 10.1. The van der Waals surface area contributed by atoms with E-state index in [1.165, 1.54) is 0 Å². The molecule has 3 nitrogen and oxygen atoms in total. The molecule has 2 rings (SSSR count). The molecule has 0 amide bonds. The zero-order chi connectivity index (χ0) is 15.2. The highest BCUT2D eigenvalue weighted by atomic mass is 79.9. The Kier molecular flexibility index (Phi) is 6.70. The largest absolute Gasteiger partial charge is 0.490 e. The van der Waals surface area contributed by atoms with Gasteiger partial charge in [0.25, 0.3) is 6.43 Å². The Morgan fingerprint density at radius 2 is 1.86 bits per heavy atom. The molecule has 118 valence electrons. The van der Waals surface area contributed by atoms with Gasteiger partial charge >= 0.3 is 0 Å². The van der Waals surface area contributed by atoms with Crippen molar-refractivity contribution in [2.45, 2.75) is 24.1 Å². The van der Waals surface area contributed by atoms with Crippen LogP contribution in [0.15, 0.2) is 16.6 Å². The Morgan fingerprint density at radius 1 is 1.19 bits per heavy atom. The Labute approximate surface area is 139 Å². The number of benzene rings is 1. The van der Waals surface area contributed by atoms with Crippen molar-refractivity contribution < 1.29 is 23.0 Å². The van der Waals surface area contributed by atoms with Crippen LogP contribution >= 0.6 is 31.9 Å². The smallest absolute Gasteiger partial charge is 0.261 e. The fraction of sp³-hybridized carbons (Fsp3) is 0.571. The standard InChI is InChI=1S/C14H16Br2F2O3/c15-10(2-5-19-8-14(17)18)9-6-12-13(7-11(9)16)21-4-1-3-20-12/h6-7,10,14H,1-5,8H2. The first-order valence-corrected chi connectivity index (χ1v) is 8.38. The van der Waals surface area contributed by atoms with Crippen molar-refractivity contribution in [3.8, 4) is 11.5 Å². The van der Waals surface area contributed by atoms with Crippen molar-refractivity contribution in [3.05, 3.63) is 22.2 Å². The third-order valence-corrected chi connectivity index (χ3v) is 4.60. The summed E-state index contributed by atoms with van der Waals surface area (Å²) in [6, 6.07) is 3.79. The van der Waals surface area contributed by atoms with Crippen molar-refractivity contribution in [3.63, 3.8) is 0 Å². The monoisotopic (exact) mass is 428 g/mol. The summed E-state index contributed by atoms with van der Waals surface area (Å²) in [4.78, 5) is -0.0123. The topological polar surface area (TPSA) is 27.7 Å². The predicted molar refractivity (Wildman–Crippen MR) is 82.9 cm³/mol. The van der Waals surface area contributed by atoms with E-state index >= 15 is 0 Å². The van der Waals surface area contributed by atoms with E-state index in [2.05, 4.69) is 31.9 Å². The molecule has 1 aromatic rings. The molecule has 0 spiro atoms. The summed E-state index contributed by atoms with van der Waals surface area (Å²) < 4.78 is 41.1. The molecule has 1 aliphatic heterocycles. The molecule has 1 atom stereocenters. The number of alkyl halides is 3. The van der Waals surface area contributed by atoms with Crippen LogP contribution in [0.4, 0.5) is 8.78 Å². The van der Waals surface area contributed by atoms with Crippen molar-refractivity contribution in [1.82, 2.24) is 0 Å². The number of rotatable bonds is 6. The van der Waals surface area contributed by atoms with Crippen LogP contribution in [0, 0.1) is 0 Å². The summed E-state index contributed by atoms with van der Waals surface area (Å²) in [6.45, 7) is 1.000. The highest BCUT2D eigenvalue weighted by Gasteiger charge is 2.18. The van der Waals surface area contributed by atoms with Gasteiger partial charge in [0.05, 0.1) is 13.2 Å². The fourth-order valence-corrected chi connectivity index (χ4v) is 3.43. The third-order valence-electron chi connectivity index (χ3n) is 2.96. The van der Waals surface area contributed by atoms with E-state index in [0.717, 1.165) is 22.2 Å². The molecule has 0 saturated heterocycles. The van der Waals surface area contributed by atoms with Crippen LogP contribution in [-0.4, -0.2) is 32.9 Å². The van der Waals surface area contributed by atoms with Crippen LogP contribution < -0.4 is 9.47 Å². The quantitative estimate of drug-likeness (QED) is 0.483. The molecule has 7 heteroatoms. The van der Waals surface area contributed by atoms with Gasteiger partial charge in [0.2, 0.25) is 0 Å². The second-order valence-corrected chi connectivity index (χ2v) is 6.55. The summed E-state index contributed by atoms with van der Waals surface area (Å²) in [7, 11) is 0. The van der Waals surface area contributed by atoms with Crippen LogP contribution in [0.3, 0.4) is 0 Å². The average Bonchev–Trinajstić information content (AvgIpc) is 2.67. The summed E-state index contributed by atoms with van der Waals surface area (Å²) in [5.74, 6) is 1.43. The average molecular weight is 430 g/mol. The van der Waals surface area contributed by atoms with E-state index in [4.69, 9.17) is 14.2 Å². The molecule has 0 fully saturated rings. The Morgan fingerprint density at radius 3 is 2.52 bits per heavy atom. The molecule has 0 N–H and O–H groups in total. The minimum absolute atomic E-state index is 0.0123. The van der Waals surface area contributed by atoms with E-state index in [9.17, 15) is 8.78 Å². The molecule has 0 aliphatic carbocycles. The summed E-state index contributed by atoms with van der Waals surface area (Å²) in [5, 5.41) is 0. The van der Waals surface area contributed by atoms with Crippen LogP contribution in [-0.2, 0) is 4.74 Å². The summed E-state index contributed by atoms with van der Waals surface area (Å²) in [5.41, 5.74) is 0.986. The molecule has 1 unspecified atom stereocenters. The molecule has 1 aliphatic rings. The Balaban J connectivity index is 2.00. The highest BCUT2D eigenvalue weighted by molar-refractivity contribution is 9.11. The van der Waals surface area contributed by atoms with E-state index < -0.39 is 13.0 Å². The molecular formula is C14H16Br2F2O3. The van der Waals surface area contributed by atoms with E-state index in [1.54, 1.807) is 0 Å². The van der Waals surface area contributed by atoms with Crippen LogP contribution in [0.2, 0.25) is 0 Å². The second-order valence-electron chi connectivity index (χ2n) is 4.59. The first-order valence-electron chi connectivity index (χ1n) is 6.67. The lowest BCUT2D eigenvalue weighted by atomic mass is 10.1. The number of halogens is 4. The maximum absolute atomic E-state index is 12.0. The van der Waals surface area contributed by atoms with Crippen LogP contribution in [0.25, 0.3) is 0 Å². The molecule has 1 heterocycles. The Hall–Kier alpha value is -0.400. The number of ether oxygens (including phenoxy) is 3. The van der Waals surface area contributed by atoms with Gasteiger partial charge in [-0.15, -0.1) is 0 Å². The zero-order valence-electron chi connectivity index (χ0n) is 11.3. The minimum atomic E-state index is -2.43. The van der Waals surface area contributed by atoms with Crippen molar-refractivity contribution in [2.24, 2.45) is 0 Å². The van der Waals surface area contributed by atoms with Crippen molar-refractivity contribution in [2.75, 3.05) is 26.4 Å². The minimum Gasteiger partial charge on any atom is -0.490 e. The predicted octanol–water partition coefficient (Wildman–Crippen LogP) is 4.72. The summed E-state index contributed by atoms with van der Waals surface area (Å²) >= 11 is 7.06. The number of fused-ring (bicyclic) bond motifs is 1. The van der Waals surface area contributed by atoms with Crippen molar-refractivity contribution in [1.29, 1.82) is 0 Å². The molecule has 0 aromatic heterocycles. The SMILES string of the molecule is FC(F)COCCC(Br)c1cc2c(cc1Br)OCCCO2. The lowest BCUT2D eigenvalue weighted by molar-refractivity contribution is 0.0167. The van der Waals surface area contributed by atoms with Gasteiger partial charge in [-0.1, -0.05) is 31.9 Å². The highest BCUT2D eigenvalue weighted by Crippen LogP contribution is 2.40. The molecule has 21 heavy (non-hydrogen) atoms. The first kappa shape index (κ1) is 17.0. The summed E-state index contributed by atoms with van der Waals surface area (Å²) in [6.07, 6.45) is -0.991. The van der Waals surface area contributed by atoms with Gasteiger partial charge in [-0.05, 0) is 24.1 Å². The van der Waals surface area contributed by atoms with Crippen LogP contribution in [0.1, 0.15) is 23.2 Å². The molecule has 0 radical (unpaired) electrons. The van der Waals surface area contributed by atoms with Gasteiger partial charge < -0.3 is 14.2 Å². The van der Waals surface area contributed by atoms with E-state index in [-0.39, 0.29) is 11.4 Å². The lowest BCUT2D eigenvalue weighted by Gasteiger charge is -2.16. The van der Waals surface area contributed by atoms with Gasteiger partial charge in [-0.2, -0.15) is 0 Å². The normalized spacial score (nSPS) is 15.9. The van der Waals surface area contributed by atoms with Gasteiger partial charge in [-0.3, -0.25) is 0 Å². The zero-order valence-corrected chi connectivity index (χ0v) is 14.5. The van der Waals surface area contributed by atoms with Crippen LogP contribution in [0.5, 0.6) is 11.5 Å².